The monoisotopic (exact) mass is 263 g/mol. The number of aryl methyl sites for hydroxylation is 1. The van der Waals surface area contributed by atoms with Gasteiger partial charge >= 0.3 is 0 Å². The maximum Gasteiger partial charge on any atom is 0.224 e. The third-order valence-corrected chi connectivity index (χ3v) is 3.34. The molecule has 0 aromatic heterocycles. The van der Waals surface area contributed by atoms with Crippen LogP contribution in [0.3, 0.4) is 0 Å². The smallest absolute Gasteiger partial charge is 0.224 e. The molecule has 5 heteroatoms. The SMILES string of the molecule is Cc1cccc(NCCC(=O)N2CCOCC2)c1N. The van der Waals surface area contributed by atoms with E-state index >= 15 is 0 Å². The summed E-state index contributed by atoms with van der Waals surface area (Å²) in [5.41, 5.74) is 8.66. The lowest BCUT2D eigenvalue weighted by atomic mass is 10.1. The summed E-state index contributed by atoms with van der Waals surface area (Å²) in [7, 11) is 0. The second-order valence-electron chi connectivity index (χ2n) is 4.71. The molecule has 0 radical (unpaired) electrons. The number of morpholine rings is 1. The van der Waals surface area contributed by atoms with Gasteiger partial charge in [-0.2, -0.15) is 0 Å². The van der Waals surface area contributed by atoms with E-state index in [1.807, 2.05) is 30.0 Å². The zero-order valence-electron chi connectivity index (χ0n) is 11.3. The first-order chi connectivity index (χ1) is 9.18. The Kier molecular flexibility index (Phi) is 4.63. The van der Waals surface area contributed by atoms with Crippen LogP contribution in [-0.4, -0.2) is 43.7 Å². The quantitative estimate of drug-likeness (QED) is 0.802. The molecule has 0 bridgehead atoms. The summed E-state index contributed by atoms with van der Waals surface area (Å²) >= 11 is 0. The van der Waals surface area contributed by atoms with Gasteiger partial charge in [0.25, 0.3) is 0 Å². The molecule has 1 aromatic carbocycles. The van der Waals surface area contributed by atoms with E-state index in [0.717, 1.165) is 16.9 Å². The van der Waals surface area contributed by atoms with E-state index in [0.29, 0.717) is 39.3 Å². The normalized spacial score (nSPS) is 15.3. The molecule has 1 saturated heterocycles. The molecule has 1 amide bonds. The lowest BCUT2D eigenvalue weighted by Crippen LogP contribution is -2.41. The van der Waals surface area contributed by atoms with E-state index in [-0.39, 0.29) is 5.91 Å². The first-order valence-electron chi connectivity index (χ1n) is 6.63. The highest BCUT2D eigenvalue weighted by Crippen LogP contribution is 2.21. The minimum Gasteiger partial charge on any atom is -0.397 e. The molecule has 1 aromatic rings. The Labute approximate surface area is 113 Å². The van der Waals surface area contributed by atoms with E-state index in [1.54, 1.807) is 0 Å². The summed E-state index contributed by atoms with van der Waals surface area (Å²) in [6.07, 6.45) is 0.480. The average molecular weight is 263 g/mol. The summed E-state index contributed by atoms with van der Waals surface area (Å²) in [5.74, 6) is 0.169. The number of amides is 1. The molecule has 0 atom stereocenters. The number of benzene rings is 1. The molecule has 1 aliphatic heterocycles. The third-order valence-electron chi connectivity index (χ3n) is 3.34. The largest absolute Gasteiger partial charge is 0.397 e. The third kappa shape index (κ3) is 3.61. The number of hydrogen-bond acceptors (Lipinski definition) is 4. The van der Waals surface area contributed by atoms with Gasteiger partial charge in [0.1, 0.15) is 0 Å². The molecule has 1 aliphatic rings. The summed E-state index contributed by atoms with van der Waals surface area (Å²) in [6.45, 7) is 5.26. The molecule has 2 rings (SSSR count). The second kappa shape index (κ2) is 6.43. The Bertz CT molecular complexity index is 442. The number of carbonyl (C=O) groups is 1. The van der Waals surface area contributed by atoms with Crippen molar-refractivity contribution in [2.75, 3.05) is 43.9 Å². The summed E-state index contributed by atoms with van der Waals surface area (Å²) in [5, 5.41) is 3.22. The summed E-state index contributed by atoms with van der Waals surface area (Å²) < 4.78 is 5.23. The molecule has 1 heterocycles. The maximum absolute atomic E-state index is 11.9. The Morgan fingerprint density at radius 2 is 2.16 bits per heavy atom. The van der Waals surface area contributed by atoms with Gasteiger partial charge in [-0.1, -0.05) is 12.1 Å². The number of hydrogen-bond donors (Lipinski definition) is 2. The molecule has 5 nitrogen and oxygen atoms in total. The van der Waals surface area contributed by atoms with Crippen LogP contribution >= 0.6 is 0 Å². The van der Waals surface area contributed by atoms with Crippen LogP contribution < -0.4 is 11.1 Å². The van der Waals surface area contributed by atoms with Crippen molar-refractivity contribution < 1.29 is 9.53 Å². The minimum absolute atomic E-state index is 0.169. The van der Waals surface area contributed by atoms with Gasteiger partial charge in [0.05, 0.1) is 24.6 Å². The van der Waals surface area contributed by atoms with Gasteiger partial charge in [0, 0.05) is 26.1 Å². The van der Waals surface area contributed by atoms with Gasteiger partial charge in [-0.25, -0.2) is 0 Å². The summed E-state index contributed by atoms with van der Waals surface area (Å²) in [6, 6.07) is 5.86. The number of nitrogens with one attached hydrogen (secondary N) is 1. The van der Waals surface area contributed by atoms with E-state index in [2.05, 4.69) is 5.32 Å². The van der Waals surface area contributed by atoms with E-state index in [1.165, 1.54) is 0 Å². The molecule has 104 valence electrons. The first-order valence-corrected chi connectivity index (χ1v) is 6.63. The second-order valence-corrected chi connectivity index (χ2v) is 4.71. The summed E-state index contributed by atoms with van der Waals surface area (Å²) in [4.78, 5) is 13.8. The fourth-order valence-electron chi connectivity index (χ4n) is 2.11. The van der Waals surface area contributed by atoms with E-state index < -0.39 is 0 Å². The number of rotatable bonds is 4. The molecule has 0 unspecified atom stereocenters. The van der Waals surface area contributed by atoms with Crippen LogP contribution in [0.15, 0.2) is 18.2 Å². The topological polar surface area (TPSA) is 67.6 Å². The van der Waals surface area contributed by atoms with Gasteiger partial charge in [0.2, 0.25) is 5.91 Å². The molecule has 19 heavy (non-hydrogen) atoms. The zero-order chi connectivity index (χ0) is 13.7. The van der Waals surface area contributed by atoms with Crippen molar-refractivity contribution in [3.05, 3.63) is 23.8 Å². The van der Waals surface area contributed by atoms with E-state index in [4.69, 9.17) is 10.5 Å². The van der Waals surface area contributed by atoms with Gasteiger partial charge in [-0.3, -0.25) is 4.79 Å². The molecular formula is C14H21N3O2. The maximum atomic E-state index is 11.9. The highest BCUT2D eigenvalue weighted by molar-refractivity contribution is 5.77. The fourth-order valence-corrected chi connectivity index (χ4v) is 2.11. The van der Waals surface area contributed by atoms with Gasteiger partial charge in [0.15, 0.2) is 0 Å². The predicted octanol–water partition coefficient (Wildman–Crippen LogP) is 1.24. The van der Waals surface area contributed by atoms with Crippen molar-refractivity contribution in [2.24, 2.45) is 0 Å². The van der Waals surface area contributed by atoms with Crippen LogP contribution in [0, 0.1) is 6.92 Å². The molecule has 0 saturated carbocycles. The highest BCUT2D eigenvalue weighted by Gasteiger charge is 2.16. The van der Waals surface area contributed by atoms with Gasteiger partial charge in [-0.05, 0) is 18.6 Å². The van der Waals surface area contributed by atoms with Crippen LogP contribution in [-0.2, 0) is 9.53 Å². The molecule has 3 N–H and O–H groups in total. The predicted molar refractivity (Wildman–Crippen MR) is 76.1 cm³/mol. The molecule has 0 spiro atoms. The van der Waals surface area contributed by atoms with Crippen molar-refractivity contribution in [3.8, 4) is 0 Å². The number of nitrogen functional groups attached to an aromatic ring is 1. The molecular weight excluding hydrogens is 242 g/mol. The van der Waals surface area contributed by atoms with Crippen LogP contribution in [0.25, 0.3) is 0 Å². The van der Waals surface area contributed by atoms with Gasteiger partial charge in [-0.15, -0.1) is 0 Å². The number of nitrogens with two attached hydrogens (primary N) is 1. The van der Waals surface area contributed by atoms with Crippen molar-refractivity contribution >= 4 is 17.3 Å². The number of anilines is 2. The highest BCUT2D eigenvalue weighted by atomic mass is 16.5. The van der Waals surface area contributed by atoms with Crippen molar-refractivity contribution in [1.29, 1.82) is 0 Å². The molecule has 1 fully saturated rings. The minimum atomic E-state index is 0.169. The number of carbonyl (C=O) groups excluding carboxylic acids is 1. The lowest BCUT2D eigenvalue weighted by molar-refractivity contribution is -0.134. The first kappa shape index (κ1) is 13.7. The molecule has 0 aliphatic carbocycles. The Morgan fingerprint density at radius 1 is 1.42 bits per heavy atom. The van der Waals surface area contributed by atoms with E-state index in [9.17, 15) is 4.79 Å². The Hall–Kier alpha value is -1.75. The lowest BCUT2D eigenvalue weighted by Gasteiger charge is -2.27. The van der Waals surface area contributed by atoms with Crippen molar-refractivity contribution in [2.45, 2.75) is 13.3 Å². The number of nitrogens with zero attached hydrogens (tertiary/aromatic N) is 1. The van der Waals surface area contributed by atoms with Crippen molar-refractivity contribution in [3.63, 3.8) is 0 Å². The van der Waals surface area contributed by atoms with Crippen LogP contribution in [0.1, 0.15) is 12.0 Å². The van der Waals surface area contributed by atoms with Crippen LogP contribution in [0.4, 0.5) is 11.4 Å². The van der Waals surface area contributed by atoms with Crippen molar-refractivity contribution in [1.82, 2.24) is 4.90 Å². The standard InChI is InChI=1S/C14H21N3O2/c1-11-3-2-4-12(14(11)15)16-6-5-13(18)17-7-9-19-10-8-17/h2-4,16H,5-10,15H2,1H3. The fraction of sp³-hybridized carbons (Fsp3) is 0.500. The zero-order valence-corrected chi connectivity index (χ0v) is 11.3. The Balaban J connectivity index is 1.79. The van der Waals surface area contributed by atoms with Crippen LogP contribution in [0.2, 0.25) is 0 Å². The average Bonchev–Trinajstić information content (AvgIpc) is 2.44. The number of ether oxygens (including phenoxy) is 1. The van der Waals surface area contributed by atoms with Gasteiger partial charge < -0.3 is 20.7 Å². The number of para-hydroxylation sites is 1. The Morgan fingerprint density at radius 3 is 2.89 bits per heavy atom. The van der Waals surface area contributed by atoms with Crippen LogP contribution in [0.5, 0.6) is 0 Å².